The predicted octanol–water partition coefficient (Wildman–Crippen LogP) is 1.81. The van der Waals surface area contributed by atoms with Gasteiger partial charge in [0, 0.05) is 12.6 Å². The van der Waals surface area contributed by atoms with Crippen LogP contribution < -0.4 is 5.32 Å². The maximum absolute atomic E-state index is 9.19. The summed E-state index contributed by atoms with van der Waals surface area (Å²) in [7, 11) is 0. The van der Waals surface area contributed by atoms with Gasteiger partial charge in [-0.15, -0.1) is 0 Å². The van der Waals surface area contributed by atoms with Crippen molar-refractivity contribution in [1.82, 2.24) is 5.32 Å². The predicted molar refractivity (Wildman–Crippen MR) is 60.8 cm³/mol. The Morgan fingerprint density at radius 1 is 1.27 bits per heavy atom. The maximum Gasteiger partial charge on any atom is 0.115 e. The molecule has 3 nitrogen and oxygen atoms in total. The zero-order valence-corrected chi connectivity index (χ0v) is 9.27. The molecule has 0 aliphatic carbocycles. The molecule has 0 heterocycles. The first-order chi connectivity index (χ1) is 7.13. The van der Waals surface area contributed by atoms with Gasteiger partial charge in [0.05, 0.1) is 6.10 Å². The largest absolute Gasteiger partial charge is 0.508 e. The number of rotatable bonds is 5. The van der Waals surface area contributed by atoms with E-state index in [9.17, 15) is 5.11 Å². The number of benzene rings is 1. The van der Waals surface area contributed by atoms with Gasteiger partial charge in [0.15, 0.2) is 0 Å². The van der Waals surface area contributed by atoms with Gasteiger partial charge >= 0.3 is 0 Å². The normalized spacial score (nSPS) is 14.9. The van der Waals surface area contributed by atoms with Crippen LogP contribution in [0.5, 0.6) is 5.75 Å². The highest BCUT2D eigenvalue weighted by atomic mass is 16.3. The van der Waals surface area contributed by atoms with Crippen molar-refractivity contribution < 1.29 is 10.2 Å². The Morgan fingerprint density at radius 2 is 1.87 bits per heavy atom. The van der Waals surface area contributed by atoms with Crippen molar-refractivity contribution in [1.29, 1.82) is 0 Å². The van der Waals surface area contributed by atoms with Crippen molar-refractivity contribution in [2.75, 3.05) is 6.54 Å². The van der Waals surface area contributed by atoms with Crippen LogP contribution in [-0.2, 0) is 0 Å². The van der Waals surface area contributed by atoms with E-state index in [2.05, 4.69) is 12.2 Å². The first kappa shape index (κ1) is 12.0. The van der Waals surface area contributed by atoms with E-state index in [-0.39, 0.29) is 17.9 Å². The second-order valence-electron chi connectivity index (χ2n) is 3.81. The molecule has 0 aromatic heterocycles. The molecule has 0 saturated heterocycles. The number of phenols is 1. The first-order valence-electron chi connectivity index (χ1n) is 5.34. The lowest BCUT2D eigenvalue weighted by Crippen LogP contribution is -2.28. The Hall–Kier alpha value is -1.06. The van der Waals surface area contributed by atoms with Gasteiger partial charge in [-0.2, -0.15) is 0 Å². The van der Waals surface area contributed by atoms with Crippen molar-refractivity contribution in [3.8, 4) is 5.75 Å². The monoisotopic (exact) mass is 209 g/mol. The average molecular weight is 209 g/mol. The number of hydrogen-bond donors (Lipinski definition) is 3. The van der Waals surface area contributed by atoms with E-state index >= 15 is 0 Å². The lowest BCUT2D eigenvalue weighted by atomic mass is 10.0. The van der Waals surface area contributed by atoms with Crippen molar-refractivity contribution >= 4 is 0 Å². The molecule has 0 radical (unpaired) electrons. The summed E-state index contributed by atoms with van der Waals surface area (Å²) >= 11 is 0. The van der Waals surface area contributed by atoms with Crippen molar-refractivity contribution in [3.63, 3.8) is 0 Å². The lowest BCUT2D eigenvalue weighted by molar-refractivity contribution is 0.185. The second-order valence-corrected chi connectivity index (χ2v) is 3.81. The molecule has 15 heavy (non-hydrogen) atoms. The summed E-state index contributed by atoms with van der Waals surface area (Å²) < 4.78 is 0. The van der Waals surface area contributed by atoms with Crippen molar-refractivity contribution in [3.05, 3.63) is 29.8 Å². The molecule has 0 spiro atoms. The number of nitrogens with one attached hydrogen (secondary N) is 1. The SMILES string of the molecule is CCC(NCC(C)O)c1ccc(O)cc1. The van der Waals surface area contributed by atoms with E-state index in [1.807, 2.05) is 12.1 Å². The number of aliphatic hydroxyl groups is 1. The van der Waals surface area contributed by atoms with Crippen LogP contribution in [0, 0.1) is 0 Å². The van der Waals surface area contributed by atoms with E-state index in [0.29, 0.717) is 6.54 Å². The number of aromatic hydroxyl groups is 1. The molecule has 0 amide bonds. The van der Waals surface area contributed by atoms with Gasteiger partial charge in [0.25, 0.3) is 0 Å². The molecule has 0 bridgehead atoms. The zero-order valence-electron chi connectivity index (χ0n) is 9.27. The fraction of sp³-hybridized carbons (Fsp3) is 0.500. The molecule has 0 fully saturated rings. The molecule has 1 rings (SSSR count). The average Bonchev–Trinajstić information content (AvgIpc) is 2.21. The molecule has 2 atom stereocenters. The van der Waals surface area contributed by atoms with Crippen molar-refractivity contribution in [2.24, 2.45) is 0 Å². The Morgan fingerprint density at radius 3 is 2.33 bits per heavy atom. The lowest BCUT2D eigenvalue weighted by Gasteiger charge is -2.18. The van der Waals surface area contributed by atoms with Gasteiger partial charge in [0.2, 0.25) is 0 Å². The fourth-order valence-electron chi connectivity index (χ4n) is 1.52. The molecule has 0 aliphatic heterocycles. The molecule has 3 heteroatoms. The van der Waals surface area contributed by atoms with Gasteiger partial charge in [-0.1, -0.05) is 19.1 Å². The number of aliphatic hydroxyl groups excluding tert-OH is 1. The van der Waals surface area contributed by atoms with E-state index in [0.717, 1.165) is 12.0 Å². The van der Waals surface area contributed by atoms with Crippen LogP contribution in [0.2, 0.25) is 0 Å². The number of hydrogen-bond acceptors (Lipinski definition) is 3. The zero-order chi connectivity index (χ0) is 11.3. The van der Waals surface area contributed by atoms with Gasteiger partial charge in [-0.3, -0.25) is 0 Å². The third-order valence-corrected chi connectivity index (χ3v) is 2.36. The molecule has 2 unspecified atom stereocenters. The summed E-state index contributed by atoms with van der Waals surface area (Å²) in [6.07, 6.45) is 0.619. The third kappa shape index (κ3) is 3.90. The van der Waals surface area contributed by atoms with Crippen LogP contribution >= 0.6 is 0 Å². The van der Waals surface area contributed by atoms with Crippen LogP contribution in [0.1, 0.15) is 31.9 Å². The number of phenolic OH excluding ortho intramolecular Hbond substituents is 1. The second kappa shape index (κ2) is 5.73. The highest BCUT2D eigenvalue weighted by molar-refractivity contribution is 5.27. The van der Waals surface area contributed by atoms with E-state index in [1.54, 1.807) is 19.1 Å². The molecule has 84 valence electrons. The Labute approximate surface area is 90.8 Å². The minimum absolute atomic E-state index is 0.236. The minimum Gasteiger partial charge on any atom is -0.508 e. The smallest absolute Gasteiger partial charge is 0.115 e. The summed E-state index contributed by atoms with van der Waals surface area (Å²) in [5.41, 5.74) is 1.14. The molecular formula is C12H19NO2. The Balaban J connectivity index is 2.61. The quantitative estimate of drug-likeness (QED) is 0.693. The van der Waals surface area contributed by atoms with Gasteiger partial charge in [0.1, 0.15) is 5.75 Å². The Bertz CT molecular complexity index is 282. The van der Waals surface area contributed by atoms with E-state index in [4.69, 9.17) is 5.11 Å². The van der Waals surface area contributed by atoms with Crippen LogP contribution in [0.25, 0.3) is 0 Å². The highest BCUT2D eigenvalue weighted by Crippen LogP contribution is 2.19. The summed E-state index contributed by atoms with van der Waals surface area (Å²) in [5.74, 6) is 0.282. The fourth-order valence-corrected chi connectivity index (χ4v) is 1.52. The van der Waals surface area contributed by atoms with Crippen molar-refractivity contribution in [2.45, 2.75) is 32.4 Å². The van der Waals surface area contributed by atoms with Gasteiger partial charge in [-0.05, 0) is 31.0 Å². The summed E-state index contributed by atoms with van der Waals surface area (Å²) in [6, 6.07) is 7.40. The van der Waals surface area contributed by atoms with Gasteiger partial charge in [-0.25, -0.2) is 0 Å². The molecule has 3 N–H and O–H groups in total. The minimum atomic E-state index is -0.337. The molecule has 0 saturated carbocycles. The summed E-state index contributed by atoms with van der Waals surface area (Å²) in [6.45, 7) is 4.43. The maximum atomic E-state index is 9.19. The highest BCUT2D eigenvalue weighted by Gasteiger charge is 2.09. The third-order valence-electron chi connectivity index (χ3n) is 2.36. The van der Waals surface area contributed by atoms with Crippen LogP contribution in [0.3, 0.4) is 0 Å². The molecule has 0 aliphatic rings. The van der Waals surface area contributed by atoms with Crippen LogP contribution in [0.15, 0.2) is 24.3 Å². The molecule has 1 aromatic rings. The van der Waals surface area contributed by atoms with Crippen LogP contribution in [0.4, 0.5) is 0 Å². The Kier molecular flexibility index (Phi) is 4.59. The molecule has 1 aromatic carbocycles. The van der Waals surface area contributed by atoms with E-state index in [1.165, 1.54) is 0 Å². The topological polar surface area (TPSA) is 52.5 Å². The summed E-state index contributed by atoms with van der Waals surface area (Å²) in [4.78, 5) is 0. The summed E-state index contributed by atoms with van der Waals surface area (Å²) in [5, 5.41) is 21.6. The first-order valence-corrected chi connectivity index (χ1v) is 5.34. The molecular weight excluding hydrogens is 190 g/mol. The standard InChI is InChI=1S/C12H19NO2/c1-3-12(13-8-9(2)14)10-4-6-11(15)7-5-10/h4-7,9,12-15H,3,8H2,1-2H3. The van der Waals surface area contributed by atoms with Crippen LogP contribution in [-0.4, -0.2) is 22.9 Å². The van der Waals surface area contributed by atoms with Gasteiger partial charge < -0.3 is 15.5 Å². The van der Waals surface area contributed by atoms with E-state index < -0.39 is 0 Å².